The summed E-state index contributed by atoms with van der Waals surface area (Å²) in [5.41, 5.74) is 45.6. The van der Waals surface area contributed by atoms with E-state index in [-0.39, 0.29) is 0 Å². The van der Waals surface area contributed by atoms with Crippen LogP contribution in [0.25, 0.3) is 0 Å². The molecule has 126 heavy (non-hydrogen) atoms. The molecular formula is C72H99N45S9. The van der Waals surface area contributed by atoms with Crippen LogP contribution in [0.4, 0.5) is 158 Å². The van der Waals surface area contributed by atoms with Gasteiger partial charge in [-0.25, -0.2) is 45.9 Å². The van der Waals surface area contributed by atoms with Crippen molar-refractivity contribution >= 4 is 260 Å². The Kier molecular flexibility index (Phi) is 33.9. The van der Waals surface area contributed by atoms with E-state index in [1.165, 1.54) is 46.0 Å². The number of nitrogens with one attached hydrogen (secondary N) is 15. The molecule has 18 rings (SSSR count). The van der Waals surface area contributed by atoms with Crippen molar-refractivity contribution in [2.75, 3.05) is 159 Å². The van der Waals surface area contributed by atoms with Gasteiger partial charge in [0.2, 0.25) is 89.2 Å². The molecule has 18 aromatic heterocycles. The second-order valence-corrected chi connectivity index (χ2v) is 36.0. The Morgan fingerprint density at radius 2 is 0.619 bits per heavy atom. The first kappa shape index (κ1) is 94.2. The van der Waals surface area contributed by atoms with E-state index < -0.39 is 0 Å². The summed E-state index contributed by atoms with van der Waals surface area (Å²) in [5, 5.41) is 103. The van der Waals surface area contributed by atoms with Crippen molar-refractivity contribution in [1.29, 1.82) is 0 Å². The highest BCUT2D eigenvalue weighted by Gasteiger charge is 2.17. The lowest BCUT2D eigenvalue weighted by molar-refractivity contribution is 0.999. The van der Waals surface area contributed by atoms with Gasteiger partial charge in [0.15, 0.2) is 0 Å². The fourth-order valence-electron chi connectivity index (χ4n) is 9.91. The first-order chi connectivity index (χ1) is 60.3. The number of nitrogens with zero attached hydrogens (tertiary/aromatic N) is 24. The molecule has 0 radical (unpaired) electrons. The first-order valence-electron chi connectivity index (χ1n) is 37.3. The minimum absolute atomic E-state index is 0.314. The number of H-pyrrole nitrogens is 9. The third-order valence-electron chi connectivity index (χ3n) is 16.4. The number of aromatic nitrogens is 27. The van der Waals surface area contributed by atoms with Gasteiger partial charge in [0.05, 0.1) is 51.2 Å². The molecule has 0 bridgehead atoms. The minimum Gasteiger partial charge on any atom is -0.368 e. The molecular weight excluding hydrogens is 1780 g/mol. The average Bonchev–Trinajstić information content (AvgIpc) is 1.77. The molecule has 0 saturated carbocycles. The number of aryl methyl sites for hydroxylation is 9. The van der Waals surface area contributed by atoms with Gasteiger partial charge in [-0.2, -0.15) is 44.9 Å². The van der Waals surface area contributed by atoms with Crippen molar-refractivity contribution < 1.29 is 0 Å². The van der Waals surface area contributed by atoms with E-state index in [0.717, 1.165) is 51.2 Å². The second-order valence-electron chi connectivity index (χ2n) is 27.1. The van der Waals surface area contributed by atoms with Crippen molar-refractivity contribution in [3.05, 3.63) is 147 Å². The van der Waals surface area contributed by atoms with E-state index in [0.29, 0.717) is 107 Å². The Hall–Kier alpha value is -14.0. The van der Waals surface area contributed by atoms with Crippen molar-refractivity contribution in [3.8, 4) is 0 Å². The van der Waals surface area contributed by atoms with Crippen LogP contribution in [0.15, 0.2) is 101 Å². The average molecular weight is 1880 g/mol. The van der Waals surface area contributed by atoms with Gasteiger partial charge in [0.1, 0.15) is 0 Å². The Morgan fingerprint density at radius 1 is 0.278 bits per heavy atom. The monoisotopic (exact) mass is 1880 g/mol. The number of nitrogens with two attached hydrogens (primary N) is 6. The predicted octanol–water partition coefficient (Wildman–Crippen LogP) is 15.0. The molecule has 0 fully saturated rings. The molecule has 54 heteroatoms. The molecule has 0 unspecified atom stereocenters. The molecule has 0 spiro atoms. The van der Waals surface area contributed by atoms with Crippen molar-refractivity contribution in [2.45, 2.75) is 62.3 Å². The topological polar surface area (TPSA) is 622 Å². The van der Waals surface area contributed by atoms with Crippen LogP contribution < -0.4 is 95.7 Å². The lowest BCUT2D eigenvalue weighted by Crippen LogP contribution is -2.11. The lowest BCUT2D eigenvalue weighted by atomic mass is 10.3. The number of hydrogen-bond donors (Lipinski definition) is 21. The summed E-state index contributed by atoms with van der Waals surface area (Å²) in [6, 6.07) is 12.2. The summed E-state index contributed by atoms with van der Waals surface area (Å²) in [6.07, 6.45) is 0. The molecule has 45 nitrogen and oxygen atoms in total. The van der Waals surface area contributed by atoms with Crippen LogP contribution in [0.3, 0.4) is 0 Å². The highest BCUT2D eigenvalue weighted by atomic mass is 32.1. The fourth-order valence-corrected chi connectivity index (χ4v) is 16.4. The van der Waals surface area contributed by atoms with E-state index in [4.69, 9.17) is 34.4 Å². The van der Waals surface area contributed by atoms with Crippen LogP contribution in [0.1, 0.15) is 46.0 Å². The van der Waals surface area contributed by atoms with Crippen molar-refractivity contribution in [3.63, 3.8) is 0 Å². The largest absolute Gasteiger partial charge is 0.368 e. The standard InChI is InChI=1S/3C9H13N5S.3C8H11N5S.3C7H9N5S/c1-6-4-15-5-7(6)10-8-11-9(13-12-8)14(2)3;1-6-4-7(5-15-6)10-8-11-9(13-12-8)14(2)3;1-6-7(4-5-15-6)10-8-11-9(13-12-8)14(2)3;1-5-3-14-4-6(5)13(2)8-10-7(9)11-12-8;1-5-3-6(4-14-5)13(2)8-10-7(9)11-12-8;1-5-6(3-4-14-5)13(2)8-10-7(9)11-12-8;1-4-2-13-3-5(4)9-7-10-6(8)11-12-7;1-4-2-5(3-13-4)9-7-10-6(8)11-12-7;1-4-5(2-3-13-4)9-7-10-6(8)11-12-7/h3*4-5H,1-3H3,(H2,10,11,12,13);3*3-4H,1-2H3,(H3,9,10,11,12);3*2-3H,1H3,(H4,8,9,10,11,12). The SMILES string of the molecule is Cc1cc(N(C)c2n[nH]c(N)n2)cs1.Cc1cc(Nc2n[nH]c(N)n2)cs1.Cc1cc(Nc2nc(N(C)C)n[nH]2)cs1.Cc1cscc1N(C)c1n[nH]c(N)n1.Cc1cscc1Nc1n[nH]c(N)n1.Cc1cscc1Nc1nc(N(C)C)n[nH]1.Cc1sccc1N(C)c1n[nH]c(N)n1.Cc1sccc1Nc1n[nH]c(N)n1.Cc1sccc1Nc1nc(N(C)C)n[nH]1. The zero-order chi connectivity index (χ0) is 90.7. The molecule has 18 aromatic rings. The molecule has 0 aliphatic heterocycles. The van der Waals surface area contributed by atoms with Gasteiger partial charge in [-0.1, -0.05) is 0 Å². The van der Waals surface area contributed by atoms with Crippen molar-refractivity contribution in [2.24, 2.45) is 0 Å². The maximum atomic E-state index is 5.45. The summed E-state index contributed by atoms with van der Waals surface area (Å²) in [6.45, 7) is 18.5. The van der Waals surface area contributed by atoms with E-state index in [2.05, 4.69) is 249 Å². The number of hydrogen-bond acceptors (Lipinski definition) is 45. The van der Waals surface area contributed by atoms with Gasteiger partial charge < -0.3 is 95.7 Å². The normalized spacial score (nSPS) is 10.3. The van der Waals surface area contributed by atoms with Crippen LogP contribution >= 0.6 is 102 Å². The molecule has 0 amide bonds. The third-order valence-corrected chi connectivity index (χ3v) is 24.1. The number of nitrogen functional groups attached to an aromatic ring is 6. The van der Waals surface area contributed by atoms with Crippen LogP contribution in [0.5, 0.6) is 0 Å². The van der Waals surface area contributed by atoms with Gasteiger partial charge >= 0.3 is 0 Å². The minimum atomic E-state index is 0.314. The van der Waals surface area contributed by atoms with E-state index in [1.807, 2.05) is 176 Å². The summed E-state index contributed by atoms with van der Waals surface area (Å²) < 4.78 is 0. The van der Waals surface area contributed by atoms with E-state index in [9.17, 15) is 0 Å². The molecule has 0 saturated heterocycles. The smallest absolute Gasteiger partial charge is 0.250 e. The number of anilines is 27. The fraction of sp³-hybridized carbons (Fsp3) is 0.250. The summed E-state index contributed by atoms with van der Waals surface area (Å²) in [5.74, 6) is 9.21. The number of thiophene rings is 9. The van der Waals surface area contributed by atoms with E-state index in [1.54, 1.807) is 102 Å². The molecule has 0 aliphatic rings. The van der Waals surface area contributed by atoms with Gasteiger partial charge in [-0.3, -0.25) is 0 Å². The Labute approximate surface area is 759 Å². The Bertz CT molecular complexity index is 5860. The summed E-state index contributed by atoms with van der Waals surface area (Å²) >= 11 is 15.1. The number of aromatic amines is 9. The molecule has 0 aromatic carbocycles. The lowest BCUT2D eigenvalue weighted by Gasteiger charge is -2.13. The van der Waals surface area contributed by atoms with Gasteiger partial charge in [-0.15, -0.1) is 148 Å². The van der Waals surface area contributed by atoms with Crippen LogP contribution in [0, 0.1) is 62.3 Å². The quantitative estimate of drug-likeness (QED) is 0.0318. The predicted molar refractivity (Wildman–Crippen MR) is 522 cm³/mol. The Balaban J connectivity index is 0.000000148. The molecule has 27 N–H and O–H groups in total. The zero-order valence-electron chi connectivity index (χ0n) is 71.8. The van der Waals surface area contributed by atoms with Gasteiger partial charge in [0, 0.05) is 125 Å². The molecule has 18 heterocycles. The highest BCUT2D eigenvalue weighted by molar-refractivity contribution is 7.12. The highest BCUT2D eigenvalue weighted by Crippen LogP contribution is 2.33. The third kappa shape index (κ3) is 28.5. The number of rotatable bonds is 21. The molecule has 0 aliphatic carbocycles. The zero-order valence-corrected chi connectivity index (χ0v) is 79.1. The molecule has 0 atom stereocenters. The summed E-state index contributed by atoms with van der Waals surface area (Å²) in [4.78, 5) is 55.4. The maximum Gasteiger partial charge on any atom is 0.250 e. The first-order valence-corrected chi connectivity index (χ1v) is 45.4. The maximum absolute atomic E-state index is 5.45. The van der Waals surface area contributed by atoms with Gasteiger partial charge in [0.25, 0.3) is 17.8 Å². The van der Waals surface area contributed by atoms with Crippen LogP contribution in [0.2, 0.25) is 0 Å². The summed E-state index contributed by atoms with van der Waals surface area (Å²) in [7, 11) is 17.2. The molecule has 666 valence electrons. The van der Waals surface area contributed by atoms with E-state index >= 15 is 0 Å². The van der Waals surface area contributed by atoms with Crippen LogP contribution in [-0.4, -0.2) is 200 Å². The van der Waals surface area contributed by atoms with Crippen molar-refractivity contribution in [1.82, 2.24) is 137 Å². The second kappa shape index (κ2) is 45.4. The van der Waals surface area contributed by atoms with Gasteiger partial charge in [-0.05, 0) is 148 Å². The van der Waals surface area contributed by atoms with Crippen LogP contribution in [-0.2, 0) is 0 Å². The Morgan fingerprint density at radius 3 is 0.960 bits per heavy atom.